The normalized spacial score (nSPS) is 14.6. The lowest BCUT2D eigenvalue weighted by Gasteiger charge is -2.32. The summed E-state index contributed by atoms with van der Waals surface area (Å²) in [5.41, 5.74) is 5.45. The largest absolute Gasteiger partial charge is 0.573 e. The molecule has 1 aliphatic rings. The van der Waals surface area contributed by atoms with Gasteiger partial charge < -0.3 is 14.2 Å². The molecule has 1 N–H and O–H groups in total. The first-order valence-electron chi connectivity index (χ1n) is 12.2. The summed E-state index contributed by atoms with van der Waals surface area (Å²) in [7, 11) is 0. The molecule has 0 saturated heterocycles. The zero-order valence-electron chi connectivity index (χ0n) is 20.5. The van der Waals surface area contributed by atoms with E-state index in [-0.39, 0.29) is 11.5 Å². The predicted octanol–water partition coefficient (Wildman–Crippen LogP) is 6.96. The standard InChI is InChI=1S/C30H22F3N3O3/c31-30(32,33)39-24-10-11-25(23(16-24)17-34)29(20-2-1-3-20)28(22-9-12-26-35-14-15-36(26)18-22)21-7-4-19(5-8-21)6-13-27(37)38/h4-16,18,20H,1-3H2,(H,37,38)/b13-6+,29-28+. The highest BCUT2D eigenvalue weighted by Gasteiger charge is 2.33. The SMILES string of the molecule is N#Cc1cc(OC(F)(F)F)ccc1/C(=C(\c1ccc(/C=C/C(=O)O)cc1)c1ccc2nccn2c1)C1CCC1. The summed E-state index contributed by atoms with van der Waals surface area (Å²) in [6, 6.07) is 17.1. The first kappa shape index (κ1) is 25.8. The van der Waals surface area contributed by atoms with Crippen LogP contribution in [0.15, 0.2) is 79.3 Å². The number of pyridine rings is 1. The molecule has 4 aromatic rings. The fraction of sp³-hybridized carbons (Fsp3) is 0.167. The second-order valence-corrected chi connectivity index (χ2v) is 9.19. The molecule has 0 spiro atoms. The predicted molar refractivity (Wildman–Crippen MR) is 139 cm³/mol. The molecule has 1 fully saturated rings. The van der Waals surface area contributed by atoms with Gasteiger partial charge in [0.2, 0.25) is 0 Å². The molecular formula is C30H22F3N3O3. The van der Waals surface area contributed by atoms with Gasteiger partial charge in [-0.3, -0.25) is 0 Å². The van der Waals surface area contributed by atoms with Gasteiger partial charge >= 0.3 is 12.3 Å². The van der Waals surface area contributed by atoms with Crippen molar-refractivity contribution in [1.29, 1.82) is 5.26 Å². The van der Waals surface area contributed by atoms with E-state index in [1.807, 2.05) is 41.1 Å². The molecule has 0 bridgehead atoms. The van der Waals surface area contributed by atoms with Crippen molar-refractivity contribution in [3.8, 4) is 11.8 Å². The first-order chi connectivity index (χ1) is 18.7. The molecule has 39 heavy (non-hydrogen) atoms. The Labute approximate surface area is 221 Å². The van der Waals surface area contributed by atoms with Crippen molar-refractivity contribution in [3.05, 3.63) is 107 Å². The minimum Gasteiger partial charge on any atom is -0.478 e. The van der Waals surface area contributed by atoms with Crippen molar-refractivity contribution in [2.75, 3.05) is 0 Å². The lowest BCUT2D eigenvalue weighted by Crippen LogP contribution is -2.18. The van der Waals surface area contributed by atoms with Crippen LogP contribution in [-0.2, 0) is 4.79 Å². The molecule has 2 heterocycles. The number of halogens is 3. The second-order valence-electron chi connectivity index (χ2n) is 9.19. The van der Waals surface area contributed by atoms with Crippen LogP contribution in [0.5, 0.6) is 5.75 Å². The van der Waals surface area contributed by atoms with Crippen molar-refractivity contribution in [3.63, 3.8) is 0 Å². The number of imidazole rings is 1. The van der Waals surface area contributed by atoms with Crippen LogP contribution in [-0.4, -0.2) is 26.8 Å². The summed E-state index contributed by atoms with van der Waals surface area (Å²) in [4.78, 5) is 15.3. The number of hydrogen-bond donors (Lipinski definition) is 1. The average Bonchev–Trinajstić information content (AvgIpc) is 3.34. The Hall–Kier alpha value is -4.84. The number of carboxylic acids is 1. The van der Waals surface area contributed by atoms with E-state index in [1.54, 1.807) is 18.3 Å². The molecule has 9 heteroatoms. The van der Waals surface area contributed by atoms with Crippen molar-refractivity contribution < 1.29 is 27.8 Å². The number of rotatable bonds is 7. The topological polar surface area (TPSA) is 87.6 Å². The highest BCUT2D eigenvalue weighted by atomic mass is 19.4. The quantitative estimate of drug-likeness (QED) is 0.207. The average molecular weight is 530 g/mol. The maximum atomic E-state index is 12.9. The summed E-state index contributed by atoms with van der Waals surface area (Å²) in [6.45, 7) is 0. The maximum absolute atomic E-state index is 12.9. The number of nitrogens with zero attached hydrogens (tertiary/aromatic N) is 3. The Kier molecular flexibility index (Phi) is 6.94. The second kappa shape index (κ2) is 10.5. The van der Waals surface area contributed by atoms with Crippen molar-refractivity contribution in [2.45, 2.75) is 25.6 Å². The number of nitriles is 1. The zero-order chi connectivity index (χ0) is 27.6. The molecule has 0 amide bonds. The number of ether oxygens (including phenoxy) is 1. The third-order valence-corrected chi connectivity index (χ3v) is 6.71. The van der Waals surface area contributed by atoms with Crippen LogP contribution in [0.2, 0.25) is 0 Å². The molecule has 196 valence electrons. The molecule has 5 rings (SSSR count). The highest BCUT2D eigenvalue weighted by molar-refractivity contribution is 6.00. The van der Waals surface area contributed by atoms with E-state index < -0.39 is 18.1 Å². The van der Waals surface area contributed by atoms with E-state index in [9.17, 15) is 23.2 Å². The van der Waals surface area contributed by atoms with Gasteiger partial charge in [0.25, 0.3) is 0 Å². The number of carbonyl (C=O) groups is 1. The molecular weight excluding hydrogens is 507 g/mol. The van der Waals surface area contributed by atoms with Gasteiger partial charge in [0.1, 0.15) is 11.4 Å². The number of alkyl halides is 3. The molecule has 6 nitrogen and oxygen atoms in total. The van der Waals surface area contributed by atoms with E-state index in [0.717, 1.165) is 59.3 Å². The minimum absolute atomic E-state index is 0.0841. The van der Waals surface area contributed by atoms with Gasteiger partial charge in [0.15, 0.2) is 0 Å². The van der Waals surface area contributed by atoms with Crippen molar-refractivity contribution >= 4 is 28.8 Å². The number of benzene rings is 2. The molecule has 1 saturated carbocycles. The highest BCUT2D eigenvalue weighted by Crippen LogP contribution is 2.46. The van der Waals surface area contributed by atoms with Crippen LogP contribution in [0.1, 0.15) is 47.1 Å². The summed E-state index contributed by atoms with van der Waals surface area (Å²) < 4.78 is 44.6. The van der Waals surface area contributed by atoms with Crippen LogP contribution >= 0.6 is 0 Å². The Balaban J connectivity index is 1.74. The van der Waals surface area contributed by atoms with E-state index in [1.165, 1.54) is 18.2 Å². The molecule has 0 atom stereocenters. The van der Waals surface area contributed by atoms with Gasteiger partial charge in [-0.1, -0.05) is 30.7 Å². The van der Waals surface area contributed by atoms with Crippen LogP contribution in [0.25, 0.3) is 22.9 Å². The van der Waals surface area contributed by atoms with Gasteiger partial charge in [-0.2, -0.15) is 5.26 Å². The lowest BCUT2D eigenvalue weighted by molar-refractivity contribution is -0.274. The third-order valence-electron chi connectivity index (χ3n) is 6.71. The minimum atomic E-state index is -4.87. The van der Waals surface area contributed by atoms with Crippen LogP contribution < -0.4 is 4.74 Å². The Morgan fingerprint density at radius 1 is 1.10 bits per heavy atom. The van der Waals surface area contributed by atoms with Gasteiger partial charge in [0, 0.05) is 24.7 Å². The Morgan fingerprint density at radius 3 is 2.49 bits per heavy atom. The molecule has 2 aromatic carbocycles. The van der Waals surface area contributed by atoms with Crippen molar-refractivity contribution in [1.82, 2.24) is 9.38 Å². The summed E-state index contributed by atoms with van der Waals surface area (Å²) in [5, 5.41) is 18.9. The number of carboxylic acid groups (broad SMARTS) is 1. The molecule has 1 aliphatic carbocycles. The summed E-state index contributed by atoms with van der Waals surface area (Å²) in [6.07, 6.45) is 5.86. The molecule has 0 aliphatic heterocycles. The number of allylic oxidation sites excluding steroid dienone is 1. The first-order valence-corrected chi connectivity index (χ1v) is 12.2. The Morgan fingerprint density at radius 2 is 1.85 bits per heavy atom. The fourth-order valence-corrected chi connectivity index (χ4v) is 4.78. The van der Waals surface area contributed by atoms with Crippen molar-refractivity contribution in [2.24, 2.45) is 5.92 Å². The van der Waals surface area contributed by atoms with Crippen LogP contribution in [0, 0.1) is 17.2 Å². The molecule has 0 radical (unpaired) electrons. The van der Waals surface area contributed by atoms with E-state index in [0.29, 0.717) is 11.1 Å². The van der Waals surface area contributed by atoms with Crippen LogP contribution in [0.4, 0.5) is 13.2 Å². The smallest absolute Gasteiger partial charge is 0.478 e. The number of fused-ring (bicyclic) bond motifs is 1. The molecule has 0 unspecified atom stereocenters. The van der Waals surface area contributed by atoms with Crippen LogP contribution in [0.3, 0.4) is 0 Å². The van der Waals surface area contributed by atoms with Gasteiger partial charge in [-0.25, -0.2) is 9.78 Å². The van der Waals surface area contributed by atoms with Gasteiger partial charge in [0.05, 0.1) is 11.6 Å². The summed E-state index contributed by atoms with van der Waals surface area (Å²) >= 11 is 0. The van der Waals surface area contributed by atoms with Gasteiger partial charge in [-0.15, -0.1) is 13.2 Å². The maximum Gasteiger partial charge on any atom is 0.573 e. The van der Waals surface area contributed by atoms with E-state index in [2.05, 4.69) is 15.8 Å². The van der Waals surface area contributed by atoms with E-state index in [4.69, 9.17) is 5.11 Å². The number of aliphatic carboxylic acids is 1. The zero-order valence-corrected chi connectivity index (χ0v) is 20.5. The number of aromatic nitrogens is 2. The van der Waals surface area contributed by atoms with Gasteiger partial charge in [-0.05, 0) is 88.6 Å². The lowest BCUT2D eigenvalue weighted by atomic mass is 9.72. The van der Waals surface area contributed by atoms with E-state index >= 15 is 0 Å². The number of hydrogen-bond acceptors (Lipinski definition) is 4. The Bertz CT molecular complexity index is 1640. The summed E-state index contributed by atoms with van der Waals surface area (Å²) in [5.74, 6) is -1.42. The molecule has 2 aromatic heterocycles. The fourth-order valence-electron chi connectivity index (χ4n) is 4.78. The monoisotopic (exact) mass is 529 g/mol. The third kappa shape index (κ3) is 5.70.